The second kappa shape index (κ2) is 3.86. The zero-order chi connectivity index (χ0) is 11.1. The summed E-state index contributed by atoms with van der Waals surface area (Å²) in [5.41, 5.74) is 3.46. The summed E-state index contributed by atoms with van der Waals surface area (Å²) in [6, 6.07) is 4.51. The normalized spacial score (nSPS) is 20.8. The van der Waals surface area contributed by atoms with Gasteiger partial charge in [0.05, 0.1) is 16.2 Å². The number of aryl methyl sites for hydroxylation is 1. The zero-order valence-electron chi connectivity index (χ0n) is 9.20. The van der Waals surface area contributed by atoms with Crippen LogP contribution in [-0.4, -0.2) is 15.9 Å². The second-order valence-corrected chi connectivity index (χ2v) is 5.14. The van der Waals surface area contributed by atoms with E-state index in [9.17, 15) is 0 Å². The van der Waals surface area contributed by atoms with E-state index in [0.717, 1.165) is 16.7 Å². The summed E-state index contributed by atoms with van der Waals surface area (Å²) in [7, 11) is 0. The van der Waals surface area contributed by atoms with Gasteiger partial charge in [-0.1, -0.05) is 0 Å². The van der Waals surface area contributed by atoms with Crippen molar-refractivity contribution >= 4 is 21.6 Å². The van der Waals surface area contributed by atoms with Crippen molar-refractivity contribution in [3.05, 3.63) is 34.2 Å². The van der Waals surface area contributed by atoms with Gasteiger partial charge < -0.3 is 9.72 Å². The average molecular weight is 280 g/mol. The summed E-state index contributed by atoms with van der Waals surface area (Å²) in [6.07, 6.45) is 4.52. The maximum atomic E-state index is 4.75. The van der Waals surface area contributed by atoms with Crippen molar-refractivity contribution in [2.24, 2.45) is 0 Å². The van der Waals surface area contributed by atoms with Gasteiger partial charge in [-0.3, -0.25) is 0 Å². The number of nitrogens with one attached hydrogen (secondary N) is 1. The Bertz CT molecular complexity index is 526. The highest BCUT2D eigenvalue weighted by molar-refractivity contribution is 9.10. The van der Waals surface area contributed by atoms with Crippen LogP contribution in [0.4, 0.5) is 0 Å². The van der Waals surface area contributed by atoms with E-state index in [-0.39, 0.29) is 0 Å². The molecule has 0 radical (unpaired) electrons. The molecule has 1 N–H and O–H groups in total. The smallest absolute Gasteiger partial charge is 0.151 e. The lowest BCUT2D eigenvalue weighted by atomic mass is 10.1. The summed E-state index contributed by atoms with van der Waals surface area (Å²) in [5, 5.41) is 3.50. The number of halogens is 1. The van der Waals surface area contributed by atoms with E-state index >= 15 is 0 Å². The molecule has 0 aromatic carbocycles. The Labute approximate surface area is 103 Å². The molecule has 3 heterocycles. The first-order valence-electron chi connectivity index (χ1n) is 5.64. The van der Waals surface area contributed by atoms with Crippen LogP contribution < -0.4 is 5.32 Å². The molecule has 0 spiro atoms. The van der Waals surface area contributed by atoms with Gasteiger partial charge in [0.1, 0.15) is 0 Å². The van der Waals surface area contributed by atoms with Crippen LogP contribution in [-0.2, 0) is 0 Å². The van der Waals surface area contributed by atoms with E-state index in [1.807, 2.05) is 12.1 Å². The maximum absolute atomic E-state index is 4.75. The molecular formula is C12H14BrN3. The molecule has 84 valence electrons. The average Bonchev–Trinajstić information content (AvgIpc) is 2.88. The Balaban J connectivity index is 2.18. The molecule has 1 saturated heterocycles. The van der Waals surface area contributed by atoms with Crippen LogP contribution in [0.2, 0.25) is 0 Å². The third-order valence-electron chi connectivity index (χ3n) is 3.27. The molecule has 1 aliphatic rings. The highest BCUT2D eigenvalue weighted by Crippen LogP contribution is 2.28. The molecule has 1 unspecified atom stereocenters. The molecular weight excluding hydrogens is 266 g/mol. The number of aromatic nitrogens is 2. The zero-order valence-corrected chi connectivity index (χ0v) is 10.8. The molecule has 3 rings (SSSR count). The predicted molar refractivity (Wildman–Crippen MR) is 67.6 cm³/mol. The minimum absolute atomic E-state index is 0.437. The van der Waals surface area contributed by atoms with Gasteiger partial charge in [-0.05, 0) is 54.4 Å². The topological polar surface area (TPSA) is 29.3 Å². The van der Waals surface area contributed by atoms with Crippen molar-refractivity contribution in [3.63, 3.8) is 0 Å². The van der Waals surface area contributed by atoms with Gasteiger partial charge in [-0.15, -0.1) is 0 Å². The van der Waals surface area contributed by atoms with E-state index in [2.05, 4.69) is 38.8 Å². The highest BCUT2D eigenvalue weighted by Gasteiger charge is 2.22. The molecule has 0 saturated carbocycles. The van der Waals surface area contributed by atoms with Crippen LogP contribution in [0.25, 0.3) is 5.65 Å². The molecule has 0 aliphatic carbocycles. The van der Waals surface area contributed by atoms with Gasteiger partial charge in [-0.2, -0.15) is 0 Å². The summed E-state index contributed by atoms with van der Waals surface area (Å²) in [5.74, 6) is 0. The minimum atomic E-state index is 0.437. The van der Waals surface area contributed by atoms with Gasteiger partial charge in [0, 0.05) is 11.9 Å². The lowest BCUT2D eigenvalue weighted by Crippen LogP contribution is -2.14. The number of pyridine rings is 1. The van der Waals surface area contributed by atoms with Gasteiger partial charge in [0.15, 0.2) is 5.65 Å². The Hall–Kier alpha value is -0.870. The molecule has 2 aromatic rings. The molecule has 1 atom stereocenters. The van der Waals surface area contributed by atoms with Gasteiger partial charge in [0.2, 0.25) is 0 Å². The summed E-state index contributed by atoms with van der Waals surface area (Å²) in [4.78, 5) is 4.75. The standard InChI is InChI=1S/C12H14BrN3/c1-8-11(10-5-2-6-14-10)15-12-9(13)4-3-7-16(8)12/h3-4,7,10,14H,2,5-6H2,1H3. The first-order valence-corrected chi connectivity index (χ1v) is 6.43. The largest absolute Gasteiger partial charge is 0.309 e. The quantitative estimate of drug-likeness (QED) is 0.870. The highest BCUT2D eigenvalue weighted by atomic mass is 79.9. The van der Waals surface area contributed by atoms with Crippen molar-refractivity contribution < 1.29 is 0 Å². The van der Waals surface area contributed by atoms with Gasteiger partial charge >= 0.3 is 0 Å². The summed E-state index contributed by atoms with van der Waals surface area (Å²) >= 11 is 3.55. The lowest BCUT2D eigenvalue weighted by Gasteiger charge is -2.07. The Morgan fingerprint density at radius 1 is 1.56 bits per heavy atom. The molecule has 3 nitrogen and oxygen atoms in total. The molecule has 4 heteroatoms. The van der Waals surface area contributed by atoms with Crippen LogP contribution in [0.3, 0.4) is 0 Å². The molecule has 16 heavy (non-hydrogen) atoms. The monoisotopic (exact) mass is 279 g/mol. The fraction of sp³-hybridized carbons (Fsp3) is 0.417. The van der Waals surface area contributed by atoms with Crippen molar-refractivity contribution in [2.45, 2.75) is 25.8 Å². The second-order valence-electron chi connectivity index (χ2n) is 4.28. The molecule has 0 amide bonds. The number of hydrogen-bond donors (Lipinski definition) is 1. The van der Waals surface area contributed by atoms with Crippen LogP contribution >= 0.6 is 15.9 Å². The van der Waals surface area contributed by atoms with E-state index in [1.165, 1.54) is 24.2 Å². The summed E-state index contributed by atoms with van der Waals surface area (Å²) < 4.78 is 3.21. The van der Waals surface area contributed by atoms with E-state index < -0.39 is 0 Å². The number of fused-ring (bicyclic) bond motifs is 1. The first kappa shape index (κ1) is 10.3. The van der Waals surface area contributed by atoms with Gasteiger partial charge in [0.25, 0.3) is 0 Å². The lowest BCUT2D eigenvalue weighted by molar-refractivity contribution is 0.627. The van der Waals surface area contributed by atoms with E-state index in [1.54, 1.807) is 0 Å². The fourth-order valence-electron chi connectivity index (χ4n) is 2.42. The van der Waals surface area contributed by atoms with Gasteiger partial charge in [-0.25, -0.2) is 4.98 Å². The van der Waals surface area contributed by atoms with Crippen LogP contribution in [0, 0.1) is 6.92 Å². The number of hydrogen-bond acceptors (Lipinski definition) is 2. The van der Waals surface area contributed by atoms with Crippen molar-refractivity contribution in [1.29, 1.82) is 0 Å². The predicted octanol–water partition coefficient (Wildman–Crippen LogP) is 2.83. The van der Waals surface area contributed by atoms with Crippen LogP contribution in [0.1, 0.15) is 30.3 Å². The van der Waals surface area contributed by atoms with Crippen LogP contribution in [0.15, 0.2) is 22.8 Å². The third-order valence-corrected chi connectivity index (χ3v) is 3.89. The van der Waals surface area contributed by atoms with E-state index in [4.69, 9.17) is 4.98 Å². The number of nitrogens with zero attached hydrogens (tertiary/aromatic N) is 2. The van der Waals surface area contributed by atoms with Crippen LogP contribution in [0.5, 0.6) is 0 Å². The molecule has 0 bridgehead atoms. The molecule has 1 aliphatic heterocycles. The Morgan fingerprint density at radius 3 is 3.12 bits per heavy atom. The Morgan fingerprint density at radius 2 is 2.44 bits per heavy atom. The fourth-order valence-corrected chi connectivity index (χ4v) is 2.85. The first-order chi connectivity index (χ1) is 7.77. The Kier molecular flexibility index (Phi) is 2.48. The molecule has 1 fully saturated rings. The van der Waals surface area contributed by atoms with Crippen molar-refractivity contribution in [2.75, 3.05) is 6.54 Å². The maximum Gasteiger partial charge on any atom is 0.151 e. The summed E-state index contributed by atoms with van der Waals surface area (Å²) in [6.45, 7) is 3.25. The SMILES string of the molecule is Cc1c(C2CCCN2)nc2c(Br)cccn12. The minimum Gasteiger partial charge on any atom is -0.309 e. The molecule has 2 aromatic heterocycles. The van der Waals surface area contributed by atoms with E-state index in [0.29, 0.717) is 6.04 Å². The number of imidazole rings is 1. The number of rotatable bonds is 1. The third kappa shape index (κ3) is 1.48. The van der Waals surface area contributed by atoms with Crippen molar-refractivity contribution in [1.82, 2.24) is 14.7 Å². The van der Waals surface area contributed by atoms with Crippen molar-refractivity contribution in [3.8, 4) is 0 Å².